The van der Waals surface area contributed by atoms with Crippen molar-refractivity contribution in [2.45, 2.75) is 25.3 Å². The minimum atomic E-state index is -1.12. The van der Waals surface area contributed by atoms with E-state index in [0.717, 1.165) is 16.1 Å². The Hall–Kier alpha value is -5.00. The van der Waals surface area contributed by atoms with Gasteiger partial charge in [-0.2, -0.15) is 4.39 Å². The molecule has 2 fully saturated rings. The Morgan fingerprint density at radius 1 is 1.02 bits per heavy atom. The van der Waals surface area contributed by atoms with E-state index >= 15 is 0 Å². The number of hydrogen-bond donors (Lipinski definition) is 2. The van der Waals surface area contributed by atoms with Gasteiger partial charge in [0.05, 0.1) is 36.6 Å². The largest absolute Gasteiger partial charge is 0.487 e. The highest BCUT2D eigenvalue weighted by Gasteiger charge is 2.46. The van der Waals surface area contributed by atoms with Crippen molar-refractivity contribution in [3.05, 3.63) is 58.5 Å². The topological polar surface area (TPSA) is 166 Å². The highest BCUT2D eigenvalue weighted by molar-refractivity contribution is 7.14. The number of carbonyl (C=O) groups is 5. The van der Waals surface area contributed by atoms with Gasteiger partial charge in [-0.05, 0) is 37.1 Å². The van der Waals surface area contributed by atoms with Gasteiger partial charge in [0.2, 0.25) is 17.6 Å². The second kappa shape index (κ2) is 15.7. The third-order valence-electron chi connectivity index (χ3n) is 8.15. The molecule has 3 aliphatic heterocycles. The number of nitrogens with one attached hydrogen (secondary N) is 2. The molecule has 264 valence electrons. The molecule has 2 aromatic carbocycles. The fraction of sp³-hybridized carbons (Fsp3) is 0.394. The minimum Gasteiger partial charge on any atom is -0.487 e. The van der Waals surface area contributed by atoms with E-state index in [1.54, 1.807) is 5.38 Å². The molecule has 1 atom stereocenters. The van der Waals surface area contributed by atoms with Crippen LogP contribution in [-0.2, 0) is 23.9 Å². The van der Waals surface area contributed by atoms with Crippen LogP contribution in [0.15, 0.2) is 35.7 Å². The number of hydrogen-bond acceptors (Lipinski definition) is 12. The Kier molecular flexibility index (Phi) is 10.9. The van der Waals surface area contributed by atoms with Gasteiger partial charge in [-0.1, -0.05) is 6.07 Å². The zero-order valence-corrected chi connectivity index (χ0v) is 27.5. The molecule has 50 heavy (non-hydrogen) atoms. The van der Waals surface area contributed by atoms with E-state index in [2.05, 4.69) is 20.5 Å². The van der Waals surface area contributed by atoms with Crippen LogP contribution in [0.25, 0.3) is 11.3 Å². The number of nitrogens with zero attached hydrogens (tertiary/aromatic N) is 3. The third kappa shape index (κ3) is 7.59. The van der Waals surface area contributed by atoms with Gasteiger partial charge < -0.3 is 29.2 Å². The standard InChI is InChI=1S/C33H33F2N5O9S/c34-21-6-5-19(22-18-50-33(37-22)39-10-13-47-14-11-39)29(28(21)35)48-16-15-46-12-2-9-36-26(42)17-49-24-4-1-3-20-27(24)32(45)40(31(20)44)23-7-8-25(41)38-30(23)43/h1,3-6,18,23H,2,7-17H2,(H,36,42)(H,38,41,43). The molecule has 4 heterocycles. The van der Waals surface area contributed by atoms with Crippen LogP contribution in [0.2, 0.25) is 0 Å². The first-order valence-electron chi connectivity index (χ1n) is 15.9. The zero-order valence-electron chi connectivity index (χ0n) is 26.7. The number of rotatable bonds is 14. The average molecular weight is 714 g/mol. The van der Waals surface area contributed by atoms with Crippen molar-refractivity contribution >= 4 is 46.0 Å². The van der Waals surface area contributed by atoms with Crippen LogP contribution in [0.3, 0.4) is 0 Å². The number of carbonyl (C=O) groups excluding carboxylic acids is 5. The Bertz CT molecular complexity index is 1800. The molecule has 0 radical (unpaired) electrons. The van der Waals surface area contributed by atoms with Crippen LogP contribution in [0.5, 0.6) is 11.5 Å². The summed E-state index contributed by atoms with van der Waals surface area (Å²) in [6.45, 7) is 2.60. The van der Waals surface area contributed by atoms with E-state index < -0.39 is 53.8 Å². The van der Waals surface area contributed by atoms with Crippen molar-refractivity contribution in [3.63, 3.8) is 0 Å². The van der Waals surface area contributed by atoms with Gasteiger partial charge in [-0.15, -0.1) is 11.3 Å². The fourth-order valence-corrected chi connectivity index (χ4v) is 6.55. The summed E-state index contributed by atoms with van der Waals surface area (Å²) in [4.78, 5) is 69.9. The SMILES string of the molecule is O=C(COc1cccc2c1C(=O)N(C1CCC(=O)NC1=O)C2=O)NCCCOCCOc1c(-c2csc(N3CCOCC3)n2)ccc(F)c1F. The van der Waals surface area contributed by atoms with Crippen LogP contribution in [0.4, 0.5) is 13.9 Å². The van der Waals surface area contributed by atoms with Crippen molar-refractivity contribution in [1.82, 2.24) is 20.5 Å². The quantitative estimate of drug-likeness (QED) is 0.186. The maximum absolute atomic E-state index is 14.8. The highest BCUT2D eigenvalue weighted by atomic mass is 32.1. The lowest BCUT2D eigenvalue weighted by atomic mass is 10.0. The zero-order chi connectivity index (χ0) is 35.2. The van der Waals surface area contributed by atoms with Crippen LogP contribution >= 0.6 is 11.3 Å². The predicted octanol–water partition coefficient (Wildman–Crippen LogP) is 2.31. The maximum Gasteiger partial charge on any atom is 0.266 e. The Balaban J connectivity index is 0.920. The number of fused-ring (bicyclic) bond motifs is 1. The van der Waals surface area contributed by atoms with Gasteiger partial charge in [0.15, 0.2) is 23.3 Å². The van der Waals surface area contributed by atoms with Crippen LogP contribution in [-0.4, -0.2) is 105 Å². The van der Waals surface area contributed by atoms with Gasteiger partial charge in [-0.3, -0.25) is 34.2 Å². The van der Waals surface area contributed by atoms with E-state index in [1.165, 1.54) is 35.6 Å². The van der Waals surface area contributed by atoms with Crippen molar-refractivity contribution in [2.75, 3.05) is 64.2 Å². The summed E-state index contributed by atoms with van der Waals surface area (Å²) < 4.78 is 50.9. The number of benzene rings is 2. The highest BCUT2D eigenvalue weighted by Crippen LogP contribution is 2.37. The van der Waals surface area contributed by atoms with E-state index in [4.69, 9.17) is 18.9 Å². The number of piperidine rings is 1. The Morgan fingerprint density at radius 2 is 1.84 bits per heavy atom. The molecule has 17 heteroatoms. The lowest BCUT2D eigenvalue weighted by Gasteiger charge is -2.27. The summed E-state index contributed by atoms with van der Waals surface area (Å²) in [7, 11) is 0. The Morgan fingerprint density at radius 3 is 2.64 bits per heavy atom. The summed E-state index contributed by atoms with van der Waals surface area (Å²) in [5.41, 5.74) is 0.779. The monoisotopic (exact) mass is 713 g/mol. The molecule has 3 aromatic rings. The molecule has 2 N–H and O–H groups in total. The van der Waals surface area contributed by atoms with Gasteiger partial charge >= 0.3 is 0 Å². The van der Waals surface area contributed by atoms with Crippen molar-refractivity contribution < 1.29 is 51.7 Å². The number of aromatic nitrogens is 1. The molecule has 14 nitrogen and oxygen atoms in total. The molecule has 1 aromatic heterocycles. The molecule has 0 saturated carbocycles. The van der Waals surface area contributed by atoms with Crippen molar-refractivity contribution in [2.24, 2.45) is 0 Å². The maximum atomic E-state index is 14.8. The van der Waals surface area contributed by atoms with Crippen molar-refractivity contribution in [1.29, 1.82) is 0 Å². The first-order valence-corrected chi connectivity index (χ1v) is 16.8. The predicted molar refractivity (Wildman–Crippen MR) is 173 cm³/mol. The smallest absolute Gasteiger partial charge is 0.266 e. The first-order chi connectivity index (χ1) is 24.2. The first kappa shape index (κ1) is 34.8. The van der Waals surface area contributed by atoms with E-state index in [9.17, 15) is 32.8 Å². The Labute approximate surface area is 288 Å². The average Bonchev–Trinajstić information content (AvgIpc) is 3.70. The fourth-order valence-electron chi connectivity index (χ4n) is 5.67. The summed E-state index contributed by atoms with van der Waals surface area (Å²) in [5.74, 6) is -5.51. The molecule has 0 spiro atoms. The normalized spacial score (nSPS) is 17.5. The molecule has 6 rings (SSSR count). The van der Waals surface area contributed by atoms with Crippen LogP contribution < -0.4 is 25.0 Å². The molecule has 5 amide bonds. The molecule has 2 saturated heterocycles. The number of imide groups is 2. The summed E-state index contributed by atoms with van der Waals surface area (Å²) >= 11 is 1.40. The number of ether oxygens (including phenoxy) is 4. The molecule has 0 bridgehead atoms. The second-order valence-electron chi connectivity index (χ2n) is 11.4. The third-order valence-corrected chi connectivity index (χ3v) is 9.05. The minimum absolute atomic E-state index is 0.00719. The number of amides is 5. The summed E-state index contributed by atoms with van der Waals surface area (Å²) in [6, 6.07) is 5.71. The lowest BCUT2D eigenvalue weighted by Crippen LogP contribution is -2.54. The number of thiazole rings is 1. The molecule has 1 unspecified atom stereocenters. The van der Waals surface area contributed by atoms with Gasteiger partial charge in [0.1, 0.15) is 18.4 Å². The van der Waals surface area contributed by atoms with Gasteiger partial charge in [0, 0.05) is 43.6 Å². The van der Waals surface area contributed by atoms with E-state index in [-0.39, 0.29) is 61.8 Å². The number of halogens is 2. The number of anilines is 1. The van der Waals surface area contributed by atoms with Crippen molar-refractivity contribution in [3.8, 4) is 22.8 Å². The molecular weight excluding hydrogens is 680 g/mol. The second-order valence-corrected chi connectivity index (χ2v) is 12.3. The molecule has 3 aliphatic rings. The summed E-state index contributed by atoms with van der Waals surface area (Å²) in [6.07, 6.45) is 0.428. The molecule has 0 aliphatic carbocycles. The molecular formula is C33H33F2N5O9S. The lowest BCUT2D eigenvalue weighted by molar-refractivity contribution is -0.136. The van der Waals surface area contributed by atoms with Gasteiger partial charge in [0.25, 0.3) is 17.7 Å². The van der Waals surface area contributed by atoms with Crippen LogP contribution in [0, 0.1) is 11.6 Å². The summed E-state index contributed by atoms with van der Waals surface area (Å²) in [5, 5.41) is 7.33. The van der Waals surface area contributed by atoms with E-state index in [1.807, 2.05) is 0 Å². The number of morpholine rings is 1. The van der Waals surface area contributed by atoms with E-state index in [0.29, 0.717) is 44.0 Å². The van der Waals surface area contributed by atoms with Crippen LogP contribution in [0.1, 0.15) is 40.0 Å². The van der Waals surface area contributed by atoms with Gasteiger partial charge in [-0.25, -0.2) is 9.37 Å².